The Balaban J connectivity index is 1.99. The number of amidine groups is 1. The number of rotatable bonds is 5. The standard InChI is InChI=1S/C15H22FN3O/c1-19(9-11-4-6-20-7-5-11)10-12-2-3-13(16)8-14(12)15(17)18/h2-3,8,11H,4-7,9-10H2,1H3,(H3,17,18). The fourth-order valence-corrected chi connectivity index (χ4v) is 2.66. The smallest absolute Gasteiger partial charge is 0.123 e. The quantitative estimate of drug-likeness (QED) is 0.640. The van der Waals surface area contributed by atoms with Crippen LogP contribution in [0.4, 0.5) is 4.39 Å². The molecule has 1 fully saturated rings. The molecule has 2 rings (SSSR count). The summed E-state index contributed by atoms with van der Waals surface area (Å²) in [6.07, 6.45) is 2.18. The monoisotopic (exact) mass is 279 g/mol. The maximum absolute atomic E-state index is 13.2. The maximum Gasteiger partial charge on any atom is 0.123 e. The molecule has 3 N–H and O–H groups in total. The molecule has 0 aromatic heterocycles. The van der Waals surface area contributed by atoms with Gasteiger partial charge in [0.15, 0.2) is 0 Å². The van der Waals surface area contributed by atoms with E-state index in [4.69, 9.17) is 15.9 Å². The van der Waals surface area contributed by atoms with Crippen LogP contribution in [0.2, 0.25) is 0 Å². The first-order valence-corrected chi connectivity index (χ1v) is 6.95. The Hall–Kier alpha value is -1.46. The van der Waals surface area contributed by atoms with Crippen LogP contribution < -0.4 is 5.73 Å². The zero-order valence-corrected chi connectivity index (χ0v) is 11.9. The first-order valence-electron chi connectivity index (χ1n) is 6.95. The van der Waals surface area contributed by atoms with Gasteiger partial charge in [0, 0.05) is 31.9 Å². The lowest BCUT2D eigenvalue weighted by Crippen LogP contribution is -2.30. The molecule has 1 saturated heterocycles. The zero-order valence-electron chi connectivity index (χ0n) is 11.9. The minimum Gasteiger partial charge on any atom is -0.384 e. The van der Waals surface area contributed by atoms with Crippen LogP contribution in [0.15, 0.2) is 18.2 Å². The largest absolute Gasteiger partial charge is 0.384 e. The fourth-order valence-electron chi connectivity index (χ4n) is 2.66. The number of hydrogen-bond donors (Lipinski definition) is 2. The van der Waals surface area contributed by atoms with Crippen LogP contribution in [0.3, 0.4) is 0 Å². The second-order valence-electron chi connectivity index (χ2n) is 5.47. The number of ether oxygens (including phenoxy) is 1. The molecule has 4 nitrogen and oxygen atoms in total. The number of halogens is 1. The van der Waals surface area contributed by atoms with Gasteiger partial charge in [-0.1, -0.05) is 6.07 Å². The molecule has 20 heavy (non-hydrogen) atoms. The van der Waals surface area contributed by atoms with Crippen LogP contribution in [0.25, 0.3) is 0 Å². The average molecular weight is 279 g/mol. The van der Waals surface area contributed by atoms with Crippen LogP contribution in [-0.2, 0) is 11.3 Å². The summed E-state index contributed by atoms with van der Waals surface area (Å²) < 4.78 is 18.6. The molecule has 5 heteroatoms. The molecule has 1 aromatic carbocycles. The van der Waals surface area contributed by atoms with Gasteiger partial charge in [-0.3, -0.25) is 5.41 Å². The molecule has 1 aliphatic rings. The highest BCUT2D eigenvalue weighted by Crippen LogP contribution is 2.18. The highest BCUT2D eigenvalue weighted by Gasteiger charge is 2.17. The number of benzene rings is 1. The Morgan fingerprint density at radius 2 is 2.15 bits per heavy atom. The van der Waals surface area contributed by atoms with E-state index in [1.807, 2.05) is 7.05 Å². The van der Waals surface area contributed by atoms with Gasteiger partial charge >= 0.3 is 0 Å². The van der Waals surface area contributed by atoms with Gasteiger partial charge < -0.3 is 15.4 Å². The molecule has 1 aromatic rings. The lowest BCUT2D eigenvalue weighted by Gasteiger charge is -2.27. The molecule has 0 bridgehead atoms. The van der Waals surface area contributed by atoms with Gasteiger partial charge in [-0.05, 0) is 43.5 Å². The summed E-state index contributed by atoms with van der Waals surface area (Å²) in [5.41, 5.74) is 6.91. The van der Waals surface area contributed by atoms with E-state index in [9.17, 15) is 4.39 Å². The normalized spacial score (nSPS) is 16.6. The van der Waals surface area contributed by atoms with E-state index >= 15 is 0 Å². The van der Waals surface area contributed by atoms with Gasteiger partial charge in [-0.25, -0.2) is 4.39 Å². The third kappa shape index (κ3) is 4.02. The van der Waals surface area contributed by atoms with E-state index in [1.54, 1.807) is 6.07 Å². The number of nitrogens with one attached hydrogen (secondary N) is 1. The summed E-state index contributed by atoms with van der Waals surface area (Å²) in [7, 11) is 2.04. The molecule has 110 valence electrons. The van der Waals surface area contributed by atoms with Crippen molar-refractivity contribution >= 4 is 5.84 Å². The van der Waals surface area contributed by atoms with Crippen molar-refractivity contribution in [2.75, 3.05) is 26.8 Å². The van der Waals surface area contributed by atoms with Gasteiger partial charge in [0.25, 0.3) is 0 Å². The van der Waals surface area contributed by atoms with E-state index in [0.29, 0.717) is 18.0 Å². The molecule has 0 atom stereocenters. The first-order chi connectivity index (χ1) is 9.56. The van der Waals surface area contributed by atoms with Gasteiger partial charge in [0.2, 0.25) is 0 Å². The van der Waals surface area contributed by atoms with Gasteiger partial charge in [-0.15, -0.1) is 0 Å². The highest BCUT2D eigenvalue weighted by molar-refractivity contribution is 5.96. The zero-order chi connectivity index (χ0) is 14.5. The SMILES string of the molecule is CN(Cc1ccc(F)cc1C(=N)N)CC1CCOCC1. The van der Waals surface area contributed by atoms with E-state index in [0.717, 1.165) is 38.2 Å². The summed E-state index contributed by atoms with van der Waals surface area (Å²) in [5.74, 6) is 0.208. The van der Waals surface area contributed by atoms with E-state index in [-0.39, 0.29) is 11.7 Å². The fraction of sp³-hybridized carbons (Fsp3) is 0.533. The molecular formula is C15H22FN3O. The minimum atomic E-state index is -0.356. The molecule has 0 saturated carbocycles. The highest BCUT2D eigenvalue weighted by atomic mass is 19.1. The summed E-state index contributed by atoms with van der Waals surface area (Å²) >= 11 is 0. The molecular weight excluding hydrogens is 257 g/mol. The molecule has 0 radical (unpaired) electrons. The Labute approximate surface area is 119 Å². The number of hydrogen-bond acceptors (Lipinski definition) is 3. The molecule has 0 spiro atoms. The van der Waals surface area contributed by atoms with Crippen LogP contribution in [-0.4, -0.2) is 37.5 Å². The average Bonchev–Trinajstić information content (AvgIpc) is 2.41. The Bertz CT molecular complexity index is 472. The van der Waals surface area contributed by atoms with Crippen molar-refractivity contribution in [1.82, 2.24) is 4.90 Å². The molecule has 0 aliphatic carbocycles. The molecule has 1 aliphatic heterocycles. The van der Waals surface area contributed by atoms with Crippen molar-refractivity contribution in [2.24, 2.45) is 11.7 Å². The van der Waals surface area contributed by atoms with Crippen molar-refractivity contribution in [1.29, 1.82) is 5.41 Å². The van der Waals surface area contributed by atoms with E-state index in [1.165, 1.54) is 12.1 Å². The third-order valence-corrected chi connectivity index (χ3v) is 3.71. The van der Waals surface area contributed by atoms with Crippen molar-refractivity contribution in [3.8, 4) is 0 Å². The lowest BCUT2D eigenvalue weighted by atomic mass is 9.99. The molecule has 0 unspecified atom stereocenters. The van der Waals surface area contributed by atoms with Crippen LogP contribution in [0.1, 0.15) is 24.0 Å². The second kappa shape index (κ2) is 6.81. The second-order valence-corrected chi connectivity index (χ2v) is 5.47. The van der Waals surface area contributed by atoms with E-state index < -0.39 is 0 Å². The van der Waals surface area contributed by atoms with Crippen molar-refractivity contribution in [3.05, 3.63) is 35.1 Å². The topological polar surface area (TPSA) is 62.3 Å². The maximum atomic E-state index is 13.2. The molecule has 0 amide bonds. The summed E-state index contributed by atoms with van der Waals surface area (Å²) in [6.45, 7) is 3.34. The molecule has 1 heterocycles. The summed E-state index contributed by atoms with van der Waals surface area (Å²) in [6, 6.07) is 4.47. The number of nitrogen functional groups attached to an aromatic ring is 1. The van der Waals surface area contributed by atoms with Crippen molar-refractivity contribution in [2.45, 2.75) is 19.4 Å². The lowest BCUT2D eigenvalue weighted by molar-refractivity contribution is 0.0549. The van der Waals surface area contributed by atoms with Crippen molar-refractivity contribution < 1.29 is 9.13 Å². The summed E-state index contributed by atoms with van der Waals surface area (Å²) in [4.78, 5) is 2.20. The van der Waals surface area contributed by atoms with Gasteiger partial charge in [0.05, 0.1) is 0 Å². The van der Waals surface area contributed by atoms with Crippen LogP contribution in [0, 0.1) is 17.1 Å². The predicted octanol–water partition coefficient (Wildman–Crippen LogP) is 1.97. The Morgan fingerprint density at radius 1 is 1.45 bits per heavy atom. The third-order valence-electron chi connectivity index (χ3n) is 3.71. The van der Waals surface area contributed by atoms with Crippen LogP contribution in [0.5, 0.6) is 0 Å². The Kier molecular flexibility index (Phi) is 5.09. The van der Waals surface area contributed by atoms with Crippen LogP contribution >= 0.6 is 0 Å². The van der Waals surface area contributed by atoms with E-state index in [2.05, 4.69) is 4.90 Å². The number of nitrogens with zero attached hydrogens (tertiary/aromatic N) is 1. The van der Waals surface area contributed by atoms with Crippen molar-refractivity contribution in [3.63, 3.8) is 0 Å². The summed E-state index contributed by atoms with van der Waals surface area (Å²) in [5, 5.41) is 7.55. The van der Waals surface area contributed by atoms with Gasteiger partial charge in [0.1, 0.15) is 11.7 Å². The van der Waals surface area contributed by atoms with Gasteiger partial charge in [-0.2, -0.15) is 0 Å². The minimum absolute atomic E-state index is 0.0843. The predicted molar refractivity (Wildman–Crippen MR) is 77.3 cm³/mol. The Morgan fingerprint density at radius 3 is 2.80 bits per heavy atom. The number of nitrogens with two attached hydrogens (primary N) is 1. The first kappa shape index (κ1) is 14.9.